The van der Waals surface area contributed by atoms with Crippen LogP contribution in [0.25, 0.3) is 11.3 Å². The van der Waals surface area contributed by atoms with Gasteiger partial charge in [-0.05, 0) is 18.2 Å². The van der Waals surface area contributed by atoms with Gasteiger partial charge in [0.15, 0.2) is 0 Å². The highest BCUT2D eigenvalue weighted by Crippen LogP contribution is 2.35. The highest BCUT2D eigenvalue weighted by atomic mass is 35.5. The Bertz CT molecular complexity index is 1020. The summed E-state index contributed by atoms with van der Waals surface area (Å²) in [4.78, 5) is 32.9. The van der Waals surface area contributed by atoms with E-state index in [9.17, 15) is 22.8 Å². The number of rotatable bonds is 5. The summed E-state index contributed by atoms with van der Waals surface area (Å²) < 4.78 is 46.5. The summed E-state index contributed by atoms with van der Waals surface area (Å²) in [5.41, 5.74) is 0.353. The van der Waals surface area contributed by atoms with Crippen LogP contribution in [0.15, 0.2) is 36.9 Å². The van der Waals surface area contributed by atoms with Gasteiger partial charge in [0.2, 0.25) is 11.9 Å². The standard InChI is InChI=1S/C20H18ClF3N4O3/c1-3-17(29)28-8-13(31-14(9-28)19(23)24)11-4-5-15(21)27-18(11)10-6-12(20(30)25-2)26-16(22)7-10/h3-7,13-14,19H,1,8-9H2,2H3,(H,25,30)/t13-,14+/m0/s1. The van der Waals surface area contributed by atoms with Gasteiger partial charge >= 0.3 is 0 Å². The summed E-state index contributed by atoms with van der Waals surface area (Å²) in [7, 11) is 1.36. The molecule has 3 rings (SSSR count). The van der Waals surface area contributed by atoms with Crippen LogP contribution in [0.3, 0.4) is 0 Å². The van der Waals surface area contributed by atoms with Crippen LogP contribution in [0.2, 0.25) is 5.15 Å². The molecule has 2 amide bonds. The Kier molecular flexibility index (Phi) is 6.91. The lowest BCUT2D eigenvalue weighted by molar-refractivity contribution is -0.159. The maximum absolute atomic E-state index is 14.1. The van der Waals surface area contributed by atoms with Crippen LogP contribution >= 0.6 is 11.6 Å². The first-order chi connectivity index (χ1) is 14.7. The molecule has 0 aliphatic carbocycles. The van der Waals surface area contributed by atoms with Gasteiger partial charge in [-0.1, -0.05) is 24.2 Å². The van der Waals surface area contributed by atoms with Crippen molar-refractivity contribution in [2.45, 2.75) is 18.6 Å². The van der Waals surface area contributed by atoms with Crippen LogP contribution in [-0.4, -0.2) is 59.3 Å². The third-order valence-electron chi connectivity index (χ3n) is 4.66. The van der Waals surface area contributed by atoms with Crippen molar-refractivity contribution in [3.05, 3.63) is 59.3 Å². The van der Waals surface area contributed by atoms with Gasteiger partial charge in [0.25, 0.3) is 12.3 Å². The van der Waals surface area contributed by atoms with Crippen molar-refractivity contribution < 1.29 is 27.5 Å². The van der Waals surface area contributed by atoms with E-state index in [4.69, 9.17) is 16.3 Å². The zero-order valence-electron chi connectivity index (χ0n) is 16.3. The molecule has 1 saturated heterocycles. The summed E-state index contributed by atoms with van der Waals surface area (Å²) in [5.74, 6) is -2.10. The zero-order valence-corrected chi connectivity index (χ0v) is 17.1. The second-order valence-corrected chi connectivity index (χ2v) is 7.05. The van der Waals surface area contributed by atoms with Crippen LogP contribution in [0.1, 0.15) is 22.2 Å². The van der Waals surface area contributed by atoms with Gasteiger partial charge < -0.3 is 15.0 Å². The average molecular weight is 455 g/mol. The van der Waals surface area contributed by atoms with E-state index in [0.29, 0.717) is 5.56 Å². The van der Waals surface area contributed by atoms with E-state index >= 15 is 0 Å². The Morgan fingerprint density at radius 1 is 1.32 bits per heavy atom. The van der Waals surface area contributed by atoms with Crippen LogP contribution in [0, 0.1) is 5.95 Å². The molecule has 2 atom stereocenters. The van der Waals surface area contributed by atoms with E-state index in [2.05, 4.69) is 21.9 Å². The summed E-state index contributed by atoms with van der Waals surface area (Å²) in [5, 5.41) is 2.40. The largest absolute Gasteiger partial charge is 0.361 e. The first-order valence-corrected chi connectivity index (χ1v) is 9.52. The molecule has 1 fully saturated rings. The number of hydrogen-bond donors (Lipinski definition) is 1. The number of halogens is 4. The van der Waals surface area contributed by atoms with Crippen LogP contribution in [-0.2, 0) is 9.53 Å². The summed E-state index contributed by atoms with van der Waals surface area (Å²) >= 11 is 6.02. The molecule has 0 aromatic carbocycles. The van der Waals surface area contributed by atoms with Gasteiger partial charge in [-0.25, -0.2) is 18.7 Å². The molecule has 1 aliphatic rings. The number of hydrogen-bond acceptors (Lipinski definition) is 5. The number of nitrogens with one attached hydrogen (secondary N) is 1. The number of morpholine rings is 1. The Morgan fingerprint density at radius 2 is 2.06 bits per heavy atom. The Morgan fingerprint density at radius 3 is 2.71 bits per heavy atom. The topological polar surface area (TPSA) is 84.4 Å². The number of carbonyl (C=O) groups is 2. The zero-order chi connectivity index (χ0) is 22.7. The summed E-state index contributed by atoms with van der Waals surface area (Å²) in [6, 6.07) is 5.25. The van der Waals surface area contributed by atoms with Gasteiger partial charge in [-0.15, -0.1) is 0 Å². The fourth-order valence-electron chi connectivity index (χ4n) is 3.22. The monoisotopic (exact) mass is 454 g/mol. The third-order valence-corrected chi connectivity index (χ3v) is 4.87. The number of nitrogens with zero attached hydrogens (tertiary/aromatic N) is 3. The highest BCUT2D eigenvalue weighted by molar-refractivity contribution is 6.29. The van der Waals surface area contributed by atoms with E-state index in [0.717, 1.165) is 12.1 Å². The number of carbonyl (C=O) groups excluding carboxylic acids is 2. The van der Waals surface area contributed by atoms with Crippen LogP contribution in [0.4, 0.5) is 13.2 Å². The van der Waals surface area contributed by atoms with Crippen LogP contribution in [0.5, 0.6) is 0 Å². The van der Waals surface area contributed by atoms with Gasteiger partial charge in [0.05, 0.1) is 18.8 Å². The minimum absolute atomic E-state index is 0.0534. The van der Waals surface area contributed by atoms with Gasteiger partial charge in [0.1, 0.15) is 23.1 Å². The second-order valence-electron chi connectivity index (χ2n) is 6.66. The molecule has 0 saturated carbocycles. The molecule has 11 heteroatoms. The lowest BCUT2D eigenvalue weighted by Crippen LogP contribution is -2.49. The van der Waals surface area contributed by atoms with Crippen molar-refractivity contribution >= 4 is 23.4 Å². The van der Waals surface area contributed by atoms with Crippen molar-refractivity contribution in [3.8, 4) is 11.3 Å². The molecule has 1 N–H and O–H groups in total. The molecule has 0 unspecified atom stereocenters. The third kappa shape index (κ3) is 5.02. The molecule has 31 heavy (non-hydrogen) atoms. The van der Waals surface area contributed by atoms with Crippen molar-refractivity contribution in [1.29, 1.82) is 0 Å². The number of ether oxygens (including phenoxy) is 1. The van der Waals surface area contributed by atoms with Crippen molar-refractivity contribution in [3.63, 3.8) is 0 Å². The predicted molar refractivity (Wildman–Crippen MR) is 106 cm³/mol. The van der Waals surface area contributed by atoms with Gasteiger partial charge in [0, 0.05) is 24.2 Å². The van der Waals surface area contributed by atoms with Crippen LogP contribution < -0.4 is 5.32 Å². The lowest BCUT2D eigenvalue weighted by atomic mass is 9.99. The predicted octanol–water partition coefficient (Wildman–Crippen LogP) is 3.02. The van der Waals surface area contributed by atoms with E-state index in [1.807, 2.05) is 0 Å². The lowest BCUT2D eigenvalue weighted by Gasteiger charge is -2.38. The quantitative estimate of drug-likeness (QED) is 0.554. The highest BCUT2D eigenvalue weighted by Gasteiger charge is 2.36. The Balaban J connectivity index is 2.09. The molecule has 0 bridgehead atoms. The maximum atomic E-state index is 14.1. The Labute approximate surface area is 180 Å². The number of amides is 2. The fourth-order valence-corrected chi connectivity index (χ4v) is 3.37. The second kappa shape index (κ2) is 9.44. The molecule has 0 radical (unpaired) electrons. The molecule has 0 spiro atoms. The van der Waals surface area contributed by atoms with Gasteiger partial charge in [-0.3, -0.25) is 9.59 Å². The molecule has 1 aliphatic heterocycles. The first-order valence-electron chi connectivity index (χ1n) is 9.15. The number of pyridine rings is 2. The Hall–Kier alpha value is -2.98. The summed E-state index contributed by atoms with van der Waals surface area (Å²) in [6.07, 6.45) is -4.36. The normalized spacial score (nSPS) is 18.7. The van der Waals surface area contributed by atoms with Crippen molar-refractivity contribution in [2.24, 2.45) is 0 Å². The van der Waals surface area contributed by atoms with Crippen molar-refractivity contribution in [1.82, 2.24) is 20.2 Å². The molecule has 164 valence electrons. The van der Waals surface area contributed by atoms with E-state index in [1.54, 1.807) is 0 Å². The fraction of sp³-hybridized carbons (Fsp3) is 0.300. The average Bonchev–Trinajstić information content (AvgIpc) is 2.77. The summed E-state index contributed by atoms with van der Waals surface area (Å²) in [6.45, 7) is 3.03. The smallest absolute Gasteiger partial charge is 0.269 e. The number of aromatic nitrogens is 2. The molecular formula is C20H18ClF3N4O3. The van der Waals surface area contributed by atoms with E-state index in [1.165, 1.54) is 30.1 Å². The first kappa shape index (κ1) is 22.7. The minimum Gasteiger partial charge on any atom is -0.361 e. The molecule has 2 aromatic heterocycles. The van der Waals surface area contributed by atoms with Gasteiger partial charge in [-0.2, -0.15) is 4.39 Å². The van der Waals surface area contributed by atoms with E-state index < -0.39 is 36.4 Å². The molecular weight excluding hydrogens is 437 g/mol. The molecule has 7 nitrogen and oxygen atoms in total. The maximum Gasteiger partial charge on any atom is 0.269 e. The number of alkyl halides is 2. The van der Waals surface area contributed by atoms with E-state index in [-0.39, 0.29) is 35.2 Å². The minimum atomic E-state index is -2.84. The SMILES string of the molecule is C=CC(=O)N1C[C@@H](c2ccc(Cl)nc2-c2cc(F)nc(C(=O)NC)c2)O[C@@H](C(F)F)C1. The molecule has 3 heterocycles. The van der Waals surface area contributed by atoms with Crippen molar-refractivity contribution in [2.75, 3.05) is 20.1 Å². The molecule has 2 aromatic rings.